The van der Waals surface area contributed by atoms with Crippen molar-refractivity contribution in [3.63, 3.8) is 0 Å². The van der Waals surface area contributed by atoms with Crippen LogP contribution in [0.2, 0.25) is 0 Å². The molecule has 5 nitrogen and oxygen atoms in total. The normalized spacial score (nSPS) is 33.6. The maximum absolute atomic E-state index is 10.4. The van der Waals surface area contributed by atoms with Crippen LogP contribution in [0.3, 0.4) is 0 Å². The molecule has 2 saturated heterocycles. The van der Waals surface area contributed by atoms with E-state index in [4.69, 9.17) is 18.9 Å². The van der Waals surface area contributed by atoms with Gasteiger partial charge in [0.05, 0.1) is 6.61 Å². The third-order valence-electron chi connectivity index (χ3n) is 3.72. The van der Waals surface area contributed by atoms with Crippen LogP contribution in [0.4, 0.5) is 0 Å². The molecule has 0 radical (unpaired) electrons. The van der Waals surface area contributed by atoms with Gasteiger partial charge in [-0.05, 0) is 38.7 Å². The molecule has 2 fully saturated rings. The van der Waals surface area contributed by atoms with E-state index in [0.717, 1.165) is 25.9 Å². The Morgan fingerprint density at radius 1 is 1.43 bits per heavy atom. The van der Waals surface area contributed by atoms with Crippen molar-refractivity contribution < 1.29 is 24.1 Å². The van der Waals surface area contributed by atoms with Crippen LogP contribution < -0.4 is 0 Å². The summed E-state index contributed by atoms with van der Waals surface area (Å²) >= 11 is 0. The first-order valence-electron chi connectivity index (χ1n) is 7.50. The lowest BCUT2D eigenvalue weighted by molar-refractivity contribution is -0.163. The molecule has 2 heterocycles. The molecule has 2 aliphatic heterocycles. The summed E-state index contributed by atoms with van der Waals surface area (Å²) in [5.41, 5.74) is 0.558. The Labute approximate surface area is 126 Å². The first-order valence-corrected chi connectivity index (χ1v) is 7.50. The molecule has 0 bridgehead atoms. The van der Waals surface area contributed by atoms with Crippen molar-refractivity contribution in [2.24, 2.45) is 0 Å². The van der Waals surface area contributed by atoms with E-state index in [-0.39, 0.29) is 19.0 Å². The van der Waals surface area contributed by atoms with Gasteiger partial charge in [-0.2, -0.15) is 0 Å². The third-order valence-corrected chi connectivity index (χ3v) is 3.72. The van der Waals surface area contributed by atoms with Gasteiger partial charge in [0.2, 0.25) is 0 Å². The van der Waals surface area contributed by atoms with Crippen LogP contribution in [0.1, 0.15) is 33.1 Å². The van der Waals surface area contributed by atoms with E-state index in [9.17, 15) is 5.11 Å². The molecule has 2 rings (SSSR count). The Kier molecular flexibility index (Phi) is 5.57. The fourth-order valence-corrected chi connectivity index (χ4v) is 2.60. The van der Waals surface area contributed by atoms with Gasteiger partial charge in [0, 0.05) is 6.61 Å². The second-order valence-corrected chi connectivity index (χ2v) is 6.01. The zero-order valence-electron chi connectivity index (χ0n) is 12.9. The zero-order chi connectivity index (χ0) is 15.5. The lowest BCUT2D eigenvalue weighted by Gasteiger charge is -2.26. The van der Waals surface area contributed by atoms with Gasteiger partial charge < -0.3 is 24.1 Å². The quantitative estimate of drug-likeness (QED) is 0.762. The largest absolute Gasteiger partial charge is 0.386 e. The van der Waals surface area contributed by atoms with E-state index in [1.807, 2.05) is 13.8 Å². The van der Waals surface area contributed by atoms with Crippen LogP contribution in [0.5, 0.6) is 0 Å². The molecule has 5 heteroatoms. The minimum atomic E-state index is -0.863. The molecule has 4 atom stereocenters. The van der Waals surface area contributed by atoms with Crippen molar-refractivity contribution in [3.8, 4) is 0 Å². The third kappa shape index (κ3) is 4.37. The fraction of sp³-hybridized carbons (Fsp3) is 0.750. The number of rotatable bonds is 6. The Hall–Kier alpha value is -0.720. The first kappa shape index (κ1) is 16.6. The molecule has 0 aliphatic carbocycles. The van der Waals surface area contributed by atoms with Gasteiger partial charge in [-0.25, -0.2) is 0 Å². The molecule has 1 N–H and O–H groups in total. The number of aliphatic hydroxyl groups excluding tert-OH is 1. The average Bonchev–Trinajstić information content (AvgIpc) is 2.80. The molecule has 0 saturated carbocycles. The number of ether oxygens (including phenoxy) is 4. The maximum atomic E-state index is 10.4. The highest BCUT2D eigenvalue weighted by atomic mass is 16.8. The molecular weight excluding hydrogens is 272 g/mol. The molecule has 2 aliphatic rings. The highest BCUT2D eigenvalue weighted by molar-refractivity contribution is 5.10. The molecule has 0 aromatic carbocycles. The number of hydrogen-bond donors (Lipinski definition) is 1. The number of hydrogen-bond acceptors (Lipinski definition) is 5. The van der Waals surface area contributed by atoms with Gasteiger partial charge in [0.15, 0.2) is 12.1 Å². The highest BCUT2D eigenvalue weighted by Gasteiger charge is 2.44. The van der Waals surface area contributed by atoms with Crippen LogP contribution in [0, 0.1) is 0 Å². The van der Waals surface area contributed by atoms with E-state index < -0.39 is 18.0 Å². The standard InChI is InChI=1S/C16H26O5/c1-5-12-15(21-16(3,4)20-12)14(17)11(2)10-19-13-8-6-7-9-18-13/h5,12-15,17H,1-2,6-10H2,3-4H3/t12-,13?,14+,15-/m1/s1. The van der Waals surface area contributed by atoms with Gasteiger partial charge in [-0.1, -0.05) is 12.7 Å². The topological polar surface area (TPSA) is 57.2 Å². The van der Waals surface area contributed by atoms with Crippen molar-refractivity contribution in [2.75, 3.05) is 13.2 Å². The maximum Gasteiger partial charge on any atom is 0.164 e. The molecular formula is C16H26O5. The van der Waals surface area contributed by atoms with Crippen LogP contribution in [0.25, 0.3) is 0 Å². The van der Waals surface area contributed by atoms with E-state index in [1.54, 1.807) is 6.08 Å². The molecule has 120 valence electrons. The highest BCUT2D eigenvalue weighted by Crippen LogP contribution is 2.32. The summed E-state index contributed by atoms with van der Waals surface area (Å²) in [6.45, 7) is 12.2. The van der Waals surface area contributed by atoms with E-state index in [1.165, 1.54) is 0 Å². The van der Waals surface area contributed by atoms with E-state index in [2.05, 4.69) is 13.2 Å². The van der Waals surface area contributed by atoms with Crippen LogP contribution >= 0.6 is 0 Å². The zero-order valence-corrected chi connectivity index (χ0v) is 12.9. The van der Waals surface area contributed by atoms with Crippen molar-refractivity contribution in [2.45, 2.75) is 63.5 Å². The molecule has 0 spiro atoms. The SMILES string of the molecule is C=C[C@H]1OC(C)(C)O[C@H]1[C@@H](O)C(=C)COC1CCCCO1. The Morgan fingerprint density at radius 3 is 2.81 bits per heavy atom. The Balaban J connectivity index is 1.85. The molecule has 1 unspecified atom stereocenters. The molecule has 0 aromatic rings. The monoisotopic (exact) mass is 298 g/mol. The summed E-state index contributed by atoms with van der Waals surface area (Å²) in [5.74, 6) is -0.738. The molecule has 0 aromatic heterocycles. The second-order valence-electron chi connectivity index (χ2n) is 6.01. The van der Waals surface area contributed by atoms with Gasteiger partial charge >= 0.3 is 0 Å². The van der Waals surface area contributed by atoms with Crippen LogP contribution in [-0.2, 0) is 18.9 Å². The molecule has 0 amide bonds. The second kappa shape index (κ2) is 7.03. The number of aliphatic hydroxyl groups is 1. The minimum Gasteiger partial charge on any atom is -0.386 e. The summed E-state index contributed by atoms with van der Waals surface area (Å²) in [6.07, 6.45) is 2.76. The van der Waals surface area contributed by atoms with Crippen molar-refractivity contribution in [1.29, 1.82) is 0 Å². The minimum absolute atomic E-state index is 0.199. The van der Waals surface area contributed by atoms with Crippen molar-refractivity contribution in [3.05, 3.63) is 24.8 Å². The Morgan fingerprint density at radius 2 is 2.19 bits per heavy atom. The summed E-state index contributed by atoms with van der Waals surface area (Å²) in [5, 5.41) is 10.4. The van der Waals surface area contributed by atoms with E-state index >= 15 is 0 Å². The average molecular weight is 298 g/mol. The van der Waals surface area contributed by atoms with Crippen molar-refractivity contribution >= 4 is 0 Å². The van der Waals surface area contributed by atoms with Gasteiger partial charge in [-0.3, -0.25) is 0 Å². The van der Waals surface area contributed by atoms with E-state index in [0.29, 0.717) is 5.57 Å². The summed E-state index contributed by atoms with van der Waals surface area (Å²) in [4.78, 5) is 0. The lowest BCUT2D eigenvalue weighted by Crippen LogP contribution is -2.37. The lowest BCUT2D eigenvalue weighted by atomic mass is 10.0. The first-order chi connectivity index (χ1) is 9.93. The van der Waals surface area contributed by atoms with Crippen LogP contribution in [-0.4, -0.2) is 48.7 Å². The molecule has 21 heavy (non-hydrogen) atoms. The fourth-order valence-electron chi connectivity index (χ4n) is 2.60. The van der Waals surface area contributed by atoms with Gasteiger partial charge in [0.1, 0.15) is 18.3 Å². The van der Waals surface area contributed by atoms with Gasteiger partial charge in [0.25, 0.3) is 0 Å². The summed E-state index contributed by atoms with van der Waals surface area (Å²) in [7, 11) is 0. The van der Waals surface area contributed by atoms with Crippen molar-refractivity contribution in [1.82, 2.24) is 0 Å². The summed E-state index contributed by atoms with van der Waals surface area (Å²) < 4.78 is 22.5. The Bertz CT molecular complexity index is 373. The predicted molar refractivity (Wildman–Crippen MR) is 78.7 cm³/mol. The van der Waals surface area contributed by atoms with Gasteiger partial charge in [-0.15, -0.1) is 6.58 Å². The summed E-state index contributed by atoms with van der Waals surface area (Å²) in [6, 6.07) is 0. The predicted octanol–water partition coefficient (Wildman–Crippen LogP) is 2.15. The van der Waals surface area contributed by atoms with Crippen LogP contribution in [0.15, 0.2) is 24.8 Å². The smallest absolute Gasteiger partial charge is 0.164 e.